The maximum Gasteiger partial charge on any atom is 0.216 e. The third kappa shape index (κ3) is 8.80. The third-order valence-corrected chi connectivity index (χ3v) is 5.83. The minimum atomic E-state index is 0.378. The van der Waals surface area contributed by atoms with E-state index >= 15 is 0 Å². The van der Waals surface area contributed by atoms with Crippen LogP contribution in [0.1, 0.15) is 45.1 Å². The van der Waals surface area contributed by atoms with Gasteiger partial charge in [0.05, 0.1) is 0 Å². The Morgan fingerprint density at radius 1 is 1.29 bits per heavy atom. The molecule has 6 heteroatoms. The zero-order valence-electron chi connectivity index (χ0n) is 18.6. The van der Waals surface area contributed by atoms with Gasteiger partial charge in [-0.2, -0.15) is 0 Å². The second-order valence-electron chi connectivity index (χ2n) is 6.90. The third-order valence-electron chi connectivity index (χ3n) is 4.71. The molecule has 1 aromatic heterocycles. The molecule has 0 aliphatic rings. The zero-order chi connectivity index (χ0) is 22.3. The summed E-state index contributed by atoms with van der Waals surface area (Å²) in [6.07, 6.45) is 14.7. The second-order valence-corrected chi connectivity index (χ2v) is 8.15. The highest BCUT2D eigenvalue weighted by atomic mass is 32.2. The summed E-state index contributed by atoms with van der Waals surface area (Å²) in [7, 11) is 0. The van der Waals surface area contributed by atoms with E-state index in [9.17, 15) is 0 Å². The molecule has 2 aromatic rings. The molecular formula is C25H32N4OS. The molecule has 31 heavy (non-hydrogen) atoms. The number of aliphatic imine (C=N–C) groups is 1. The molecule has 0 fully saturated rings. The number of hydrogen-bond donors (Lipinski definition) is 1. The van der Waals surface area contributed by atoms with E-state index in [4.69, 9.17) is 4.42 Å². The molecule has 0 spiro atoms. The number of hydrogen-bond acceptors (Lipinski definition) is 6. The smallest absolute Gasteiger partial charge is 0.216 e. The highest BCUT2D eigenvalue weighted by Crippen LogP contribution is 2.25. The predicted molar refractivity (Wildman–Crippen MR) is 133 cm³/mol. The Balaban J connectivity index is 1.98. The van der Waals surface area contributed by atoms with Crippen LogP contribution >= 0.6 is 11.8 Å². The molecule has 5 nitrogen and oxygen atoms in total. The van der Waals surface area contributed by atoms with Gasteiger partial charge in [0.15, 0.2) is 0 Å². The number of rotatable bonds is 13. The average Bonchev–Trinajstić information content (AvgIpc) is 3.30. The second kappa shape index (κ2) is 14.2. The summed E-state index contributed by atoms with van der Waals surface area (Å²) >= 11 is 1.81. The van der Waals surface area contributed by atoms with Crippen molar-refractivity contribution in [3.8, 4) is 0 Å². The molecule has 1 heterocycles. The Hall–Kier alpha value is -2.86. The van der Waals surface area contributed by atoms with E-state index in [1.807, 2.05) is 31.1 Å². The van der Waals surface area contributed by atoms with Gasteiger partial charge in [0.1, 0.15) is 0 Å². The van der Waals surface area contributed by atoms with Gasteiger partial charge in [0, 0.05) is 36.0 Å². The first-order valence-electron chi connectivity index (χ1n) is 10.6. The molecule has 164 valence electrons. The van der Waals surface area contributed by atoms with Crippen LogP contribution in [-0.2, 0) is 12.8 Å². The maximum absolute atomic E-state index is 5.17. The molecular weight excluding hydrogens is 404 g/mol. The van der Waals surface area contributed by atoms with Crippen LogP contribution in [-0.4, -0.2) is 21.7 Å². The van der Waals surface area contributed by atoms with Crippen LogP contribution in [0.2, 0.25) is 0 Å². The van der Waals surface area contributed by atoms with E-state index in [-0.39, 0.29) is 0 Å². The number of aromatic nitrogens is 2. The van der Waals surface area contributed by atoms with Crippen molar-refractivity contribution >= 4 is 23.7 Å². The number of nitrogens with zero attached hydrogens (tertiary/aromatic N) is 3. The Kier molecular flexibility index (Phi) is 11.2. The summed E-state index contributed by atoms with van der Waals surface area (Å²) in [5.74, 6) is 0.692. The van der Waals surface area contributed by atoms with Crippen LogP contribution in [0.3, 0.4) is 0 Å². The van der Waals surface area contributed by atoms with Gasteiger partial charge in [-0.3, -0.25) is 4.99 Å². The summed E-state index contributed by atoms with van der Waals surface area (Å²) in [6.45, 7) is 10.1. The quantitative estimate of drug-likeness (QED) is 0.278. The highest BCUT2D eigenvalue weighted by Gasteiger charge is 2.10. The summed E-state index contributed by atoms with van der Waals surface area (Å²) in [4.78, 5) is 4.25. The Morgan fingerprint density at radius 2 is 2.10 bits per heavy atom. The van der Waals surface area contributed by atoms with E-state index in [1.54, 1.807) is 6.20 Å². The summed E-state index contributed by atoms with van der Waals surface area (Å²) in [5.41, 5.74) is 4.79. The molecule has 0 saturated heterocycles. The average molecular weight is 437 g/mol. The number of aryl methyl sites for hydroxylation is 2. The highest BCUT2D eigenvalue weighted by molar-refractivity contribution is 8.02. The van der Waals surface area contributed by atoms with Crippen LogP contribution in [0.15, 0.2) is 87.8 Å². The number of benzene rings is 1. The van der Waals surface area contributed by atoms with Crippen molar-refractivity contribution in [1.82, 2.24) is 10.2 Å². The molecule has 1 unspecified atom stereocenters. The van der Waals surface area contributed by atoms with Gasteiger partial charge in [-0.25, -0.2) is 0 Å². The largest absolute Gasteiger partial charge is 0.428 e. The summed E-state index contributed by atoms with van der Waals surface area (Å²) in [5, 5.41) is 13.5. The van der Waals surface area contributed by atoms with Crippen molar-refractivity contribution in [1.29, 1.82) is 0 Å². The van der Waals surface area contributed by atoms with E-state index in [0.717, 1.165) is 36.9 Å². The number of anilines is 1. The summed E-state index contributed by atoms with van der Waals surface area (Å²) in [6, 6.07) is 8.48. The first-order valence-corrected chi connectivity index (χ1v) is 11.5. The molecule has 0 saturated carbocycles. The first kappa shape index (κ1) is 24.4. The van der Waals surface area contributed by atoms with Crippen LogP contribution < -0.4 is 5.32 Å². The molecule has 0 aliphatic heterocycles. The van der Waals surface area contributed by atoms with Gasteiger partial charge in [0.25, 0.3) is 0 Å². The first-order chi connectivity index (χ1) is 15.2. The van der Waals surface area contributed by atoms with Crippen molar-refractivity contribution in [2.75, 3.05) is 5.32 Å². The molecule has 0 aliphatic carbocycles. The standard InChI is InChI=1S/C25H32N4OS/c1-5-17-31-20(4)24(6-2)22(18-26-7-3)15-16-27-23-13-11-21(12-14-23)9-8-10-25-29-28-19-30-25/h5,7,11-20,27H,3,6,8-10H2,1-2,4H3/b16-15+,17-5-,24-22+,26-18-. The van der Waals surface area contributed by atoms with Crippen molar-refractivity contribution < 1.29 is 4.42 Å². The topological polar surface area (TPSA) is 63.3 Å². The minimum Gasteiger partial charge on any atom is -0.428 e. The van der Waals surface area contributed by atoms with Crippen LogP contribution in [0, 0.1) is 0 Å². The fourth-order valence-electron chi connectivity index (χ4n) is 3.11. The lowest BCUT2D eigenvalue weighted by molar-refractivity contribution is 0.486. The number of allylic oxidation sites excluding steroid dienone is 3. The van der Waals surface area contributed by atoms with Crippen LogP contribution in [0.4, 0.5) is 5.69 Å². The molecule has 0 bridgehead atoms. The van der Waals surface area contributed by atoms with E-state index in [0.29, 0.717) is 11.1 Å². The van der Waals surface area contributed by atoms with Gasteiger partial charge in [-0.15, -0.1) is 22.0 Å². The molecule has 0 radical (unpaired) electrons. The van der Waals surface area contributed by atoms with Gasteiger partial charge in [0.2, 0.25) is 12.3 Å². The number of nitrogens with one attached hydrogen (secondary N) is 1. The normalized spacial score (nSPS) is 13.8. The van der Waals surface area contributed by atoms with Crippen molar-refractivity contribution in [2.45, 2.75) is 51.7 Å². The van der Waals surface area contributed by atoms with Gasteiger partial charge in [-0.1, -0.05) is 31.7 Å². The molecule has 1 aromatic carbocycles. The molecule has 1 atom stereocenters. The lowest BCUT2D eigenvalue weighted by Crippen LogP contribution is -2.04. The summed E-state index contributed by atoms with van der Waals surface area (Å²) < 4.78 is 5.17. The fraction of sp³-hybridized carbons (Fsp3) is 0.320. The molecule has 2 rings (SSSR count). The Bertz CT molecular complexity index is 896. The predicted octanol–water partition coefficient (Wildman–Crippen LogP) is 6.75. The van der Waals surface area contributed by atoms with E-state index in [1.165, 1.54) is 17.5 Å². The Morgan fingerprint density at radius 3 is 2.74 bits per heavy atom. The SMILES string of the molecule is C=C\N=C/C(/C=C/Nc1ccc(CCCc2nnco2)cc1)=C(\CC)C(C)S/C=C\C. The molecule has 1 N–H and O–H groups in total. The fourth-order valence-corrected chi connectivity index (χ4v) is 3.97. The van der Waals surface area contributed by atoms with Crippen molar-refractivity contribution in [3.63, 3.8) is 0 Å². The van der Waals surface area contributed by atoms with Crippen molar-refractivity contribution in [2.24, 2.45) is 4.99 Å². The maximum atomic E-state index is 5.17. The van der Waals surface area contributed by atoms with E-state index in [2.05, 4.69) is 82.8 Å². The number of thioether (sulfide) groups is 1. The molecule has 0 amide bonds. The minimum absolute atomic E-state index is 0.378. The lowest BCUT2D eigenvalue weighted by Gasteiger charge is -2.15. The van der Waals surface area contributed by atoms with E-state index < -0.39 is 0 Å². The Labute approximate surface area is 190 Å². The van der Waals surface area contributed by atoms with Gasteiger partial charge in [-0.05, 0) is 73.4 Å². The van der Waals surface area contributed by atoms with Gasteiger partial charge >= 0.3 is 0 Å². The van der Waals surface area contributed by atoms with Crippen molar-refractivity contribution in [3.05, 3.63) is 89.8 Å². The zero-order valence-corrected chi connectivity index (χ0v) is 19.4. The lowest BCUT2D eigenvalue weighted by atomic mass is 10.0. The monoisotopic (exact) mass is 436 g/mol. The van der Waals surface area contributed by atoms with Gasteiger partial charge < -0.3 is 9.73 Å². The van der Waals surface area contributed by atoms with Crippen LogP contribution in [0.25, 0.3) is 0 Å². The van der Waals surface area contributed by atoms with Crippen LogP contribution in [0.5, 0.6) is 0 Å².